The minimum Gasteiger partial charge on any atom is -0.497 e. The normalized spacial score (nSPS) is 10.6. The van der Waals surface area contributed by atoms with Gasteiger partial charge >= 0.3 is 0 Å². The molecular formula is C24H20N4O4. The van der Waals surface area contributed by atoms with Crippen molar-refractivity contribution in [3.05, 3.63) is 100 Å². The van der Waals surface area contributed by atoms with Gasteiger partial charge in [0.25, 0.3) is 11.6 Å². The van der Waals surface area contributed by atoms with Crippen molar-refractivity contribution in [3.63, 3.8) is 0 Å². The molecule has 1 N–H and O–H groups in total. The third-order valence-corrected chi connectivity index (χ3v) is 4.97. The molecule has 0 spiro atoms. The Morgan fingerprint density at radius 1 is 1.03 bits per heavy atom. The van der Waals surface area contributed by atoms with Crippen LogP contribution in [0.2, 0.25) is 0 Å². The summed E-state index contributed by atoms with van der Waals surface area (Å²) in [5, 5.41) is 19.1. The van der Waals surface area contributed by atoms with Gasteiger partial charge < -0.3 is 10.1 Å². The molecule has 160 valence electrons. The Bertz CT molecular complexity index is 1280. The molecule has 1 amide bonds. The summed E-state index contributed by atoms with van der Waals surface area (Å²) in [5.74, 6) is 0.252. The standard InChI is InChI=1S/C24H20N4O4/c1-16-14-21(17-6-4-3-5-7-17)26-27(16)22-13-10-19(15-23(22)28(30)31)25-24(29)18-8-11-20(32-2)12-9-18/h3-15H,1-2H3,(H,25,29). The van der Waals surface area contributed by atoms with Crippen LogP contribution in [0.4, 0.5) is 11.4 Å². The molecule has 0 aliphatic rings. The van der Waals surface area contributed by atoms with Gasteiger partial charge in [-0.05, 0) is 49.4 Å². The average molecular weight is 428 g/mol. The minimum absolute atomic E-state index is 0.164. The lowest BCUT2D eigenvalue weighted by Crippen LogP contribution is -2.12. The number of hydrogen-bond acceptors (Lipinski definition) is 5. The average Bonchev–Trinajstić information content (AvgIpc) is 3.21. The number of carbonyl (C=O) groups excluding carboxylic acids is 1. The van der Waals surface area contributed by atoms with Gasteiger partial charge in [-0.25, -0.2) is 4.68 Å². The summed E-state index contributed by atoms with van der Waals surface area (Å²) in [5.41, 5.74) is 3.26. The molecule has 1 aromatic heterocycles. The van der Waals surface area contributed by atoms with Gasteiger partial charge in [0.2, 0.25) is 0 Å². The molecule has 0 unspecified atom stereocenters. The van der Waals surface area contributed by atoms with E-state index in [4.69, 9.17) is 4.74 Å². The number of benzene rings is 3. The molecule has 0 bridgehead atoms. The number of aromatic nitrogens is 2. The number of carbonyl (C=O) groups is 1. The number of hydrogen-bond donors (Lipinski definition) is 1. The van der Waals surface area contributed by atoms with Crippen molar-refractivity contribution in [2.45, 2.75) is 6.92 Å². The molecule has 0 saturated heterocycles. The third kappa shape index (κ3) is 4.20. The number of nitro groups is 1. The van der Waals surface area contributed by atoms with Crippen LogP contribution in [0.1, 0.15) is 16.1 Å². The van der Waals surface area contributed by atoms with E-state index >= 15 is 0 Å². The Balaban J connectivity index is 1.65. The van der Waals surface area contributed by atoms with Crippen molar-refractivity contribution in [2.75, 3.05) is 12.4 Å². The lowest BCUT2D eigenvalue weighted by Gasteiger charge is -2.09. The van der Waals surface area contributed by atoms with Crippen LogP contribution in [0.3, 0.4) is 0 Å². The number of rotatable bonds is 6. The highest BCUT2D eigenvalue weighted by atomic mass is 16.6. The Kier molecular flexibility index (Phi) is 5.67. The maximum absolute atomic E-state index is 12.5. The zero-order valence-corrected chi connectivity index (χ0v) is 17.5. The molecule has 0 atom stereocenters. The molecule has 0 fully saturated rings. The predicted molar refractivity (Wildman–Crippen MR) is 121 cm³/mol. The van der Waals surface area contributed by atoms with E-state index in [0.717, 1.165) is 11.3 Å². The first-order chi connectivity index (χ1) is 15.5. The van der Waals surface area contributed by atoms with Gasteiger partial charge in [-0.1, -0.05) is 30.3 Å². The molecular weight excluding hydrogens is 408 g/mol. The molecule has 0 saturated carbocycles. The summed E-state index contributed by atoms with van der Waals surface area (Å²) in [6.45, 7) is 1.84. The molecule has 8 heteroatoms. The fraction of sp³-hybridized carbons (Fsp3) is 0.0833. The zero-order chi connectivity index (χ0) is 22.7. The lowest BCUT2D eigenvalue weighted by molar-refractivity contribution is -0.384. The van der Waals surface area contributed by atoms with Gasteiger partial charge in [0.05, 0.1) is 17.7 Å². The van der Waals surface area contributed by atoms with Crippen LogP contribution in [-0.4, -0.2) is 27.7 Å². The molecule has 0 aliphatic carbocycles. The highest BCUT2D eigenvalue weighted by Gasteiger charge is 2.20. The van der Waals surface area contributed by atoms with Gasteiger partial charge in [0, 0.05) is 28.6 Å². The molecule has 4 rings (SSSR count). The highest BCUT2D eigenvalue weighted by molar-refractivity contribution is 6.04. The van der Waals surface area contributed by atoms with Crippen LogP contribution >= 0.6 is 0 Å². The molecule has 8 nitrogen and oxygen atoms in total. The first kappa shape index (κ1) is 20.8. The fourth-order valence-corrected chi connectivity index (χ4v) is 3.34. The smallest absolute Gasteiger partial charge is 0.296 e. The molecule has 0 aliphatic heterocycles. The Morgan fingerprint density at radius 3 is 2.41 bits per heavy atom. The minimum atomic E-state index is -0.484. The SMILES string of the molecule is COc1ccc(C(=O)Nc2ccc(-n3nc(-c4ccccc4)cc3C)c([N+](=O)[O-])c2)cc1. The number of nitro benzene ring substituents is 1. The first-order valence-corrected chi connectivity index (χ1v) is 9.82. The van der Waals surface area contributed by atoms with Gasteiger partial charge in [-0.15, -0.1) is 0 Å². The van der Waals surface area contributed by atoms with Crippen LogP contribution in [0, 0.1) is 17.0 Å². The van der Waals surface area contributed by atoms with Crippen LogP contribution < -0.4 is 10.1 Å². The van der Waals surface area contributed by atoms with E-state index in [9.17, 15) is 14.9 Å². The van der Waals surface area contributed by atoms with Gasteiger partial charge in [-0.2, -0.15) is 5.10 Å². The van der Waals surface area contributed by atoms with E-state index in [1.165, 1.54) is 10.7 Å². The van der Waals surface area contributed by atoms with Gasteiger partial charge in [0.1, 0.15) is 11.4 Å². The molecule has 3 aromatic carbocycles. The zero-order valence-electron chi connectivity index (χ0n) is 17.5. The number of nitrogens with one attached hydrogen (secondary N) is 1. The monoisotopic (exact) mass is 428 g/mol. The molecule has 1 heterocycles. The molecule has 32 heavy (non-hydrogen) atoms. The number of aryl methyl sites for hydroxylation is 1. The Hall–Kier alpha value is -4.46. The van der Waals surface area contributed by atoms with Gasteiger partial charge in [0.15, 0.2) is 0 Å². The number of anilines is 1. The topological polar surface area (TPSA) is 99.3 Å². The van der Waals surface area contributed by atoms with Gasteiger partial charge in [-0.3, -0.25) is 14.9 Å². The maximum Gasteiger partial charge on any atom is 0.296 e. The van der Waals surface area contributed by atoms with Crippen molar-refractivity contribution in [1.29, 1.82) is 0 Å². The Morgan fingerprint density at radius 2 is 1.75 bits per heavy atom. The summed E-state index contributed by atoms with van der Waals surface area (Å²) >= 11 is 0. The third-order valence-electron chi connectivity index (χ3n) is 4.97. The summed E-state index contributed by atoms with van der Waals surface area (Å²) in [6.07, 6.45) is 0. The van der Waals surface area contributed by atoms with E-state index in [-0.39, 0.29) is 11.6 Å². The van der Waals surface area contributed by atoms with Crippen LogP contribution in [0.15, 0.2) is 78.9 Å². The van der Waals surface area contributed by atoms with E-state index < -0.39 is 4.92 Å². The largest absolute Gasteiger partial charge is 0.497 e. The first-order valence-electron chi connectivity index (χ1n) is 9.82. The Labute approximate surface area is 184 Å². The van der Waals surface area contributed by atoms with Crippen molar-refractivity contribution in [2.24, 2.45) is 0 Å². The van der Waals surface area contributed by atoms with E-state index in [1.54, 1.807) is 43.5 Å². The molecule has 0 radical (unpaired) electrons. The van der Waals surface area contributed by atoms with Crippen LogP contribution in [0.5, 0.6) is 5.75 Å². The second kappa shape index (κ2) is 8.73. The van der Waals surface area contributed by atoms with Crippen molar-refractivity contribution < 1.29 is 14.5 Å². The summed E-state index contributed by atoms with van der Waals surface area (Å²) in [4.78, 5) is 23.8. The van der Waals surface area contributed by atoms with Crippen LogP contribution in [0.25, 0.3) is 16.9 Å². The second-order valence-corrected chi connectivity index (χ2v) is 7.09. The quantitative estimate of drug-likeness (QED) is 0.343. The summed E-state index contributed by atoms with van der Waals surface area (Å²) < 4.78 is 6.63. The number of ether oxygens (including phenoxy) is 1. The van der Waals surface area contributed by atoms with E-state index in [1.807, 2.05) is 43.3 Å². The summed E-state index contributed by atoms with van der Waals surface area (Å²) in [6, 6.07) is 22.6. The maximum atomic E-state index is 12.5. The van der Waals surface area contributed by atoms with Crippen molar-refractivity contribution >= 4 is 17.3 Å². The highest BCUT2D eigenvalue weighted by Crippen LogP contribution is 2.29. The van der Waals surface area contributed by atoms with E-state index in [0.29, 0.717) is 28.4 Å². The predicted octanol–water partition coefficient (Wildman–Crippen LogP) is 5.02. The second-order valence-electron chi connectivity index (χ2n) is 7.09. The number of amides is 1. The van der Waals surface area contributed by atoms with Crippen molar-refractivity contribution in [1.82, 2.24) is 9.78 Å². The fourth-order valence-electron chi connectivity index (χ4n) is 3.34. The number of methoxy groups -OCH3 is 1. The summed E-state index contributed by atoms with van der Waals surface area (Å²) in [7, 11) is 1.54. The number of nitrogens with zero attached hydrogens (tertiary/aromatic N) is 3. The molecule has 4 aromatic rings. The van der Waals surface area contributed by atoms with Crippen LogP contribution in [-0.2, 0) is 0 Å². The van der Waals surface area contributed by atoms with Crippen molar-refractivity contribution in [3.8, 4) is 22.7 Å². The van der Waals surface area contributed by atoms with E-state index in [2.05, 4.69) is 10.4 Å². The lowest BCUT2D eigenvalue weighted by atomic mass is 10.1.